The van der Waals surface area contributed by atoms with Gasteiger partial charge in [-0.05, 0) is 62.1 Å². The second kappa shape index (κ2) is 8.03. The molecule has 29 heavy (non-hydrogen) atoms. The lowest BCUT2D eigenvalue weighted by molar-refractivity contribution is 0.108. The molecule has 5 rings (SSSR count). The summed E-state index contributed by atoms with van der Waals surface area (Å²) in [6, 6.07) is 12.2. The van der Waals surface area contributed by atoms with Crippen molar-refractivity contribution < 1.29 is 4.74 Å². The summed E-state index contributed by atoms with van der Waals surface area (Å²) in [5.74, 6) is 2.70. The molecule has 0 radical (unpaired) electrons. The van der Waals surface area contributed by atoms with E-state index in [4.69, 9.17) is 14.7 Å². The van der Waals surface area contributed by atoms with Crippen LogP contribution in [0.5, 0.6) is 0 Å². The van der Waals surface area contributed by atoms with Crippen LogP contribution in [0.1, 0.15) is 25.7 Å². The predicted molar refractivity (Wildman–Crippen MR) is 116 cm³/mol. The van der Waals surface area contributed by atoms with Crippen molar-refractivity contribution in [2.45, 2.75) is 31.8 Å². The quantitative estimate of drug-likeness (QED) is 0.640. The predicted octanol–water partition coefficient (Wildman–Crippen LogP) is 4.91. The Morgan fingerprint density at radius 3 is 2.86 bits per heavy atom. The molecule has 0 amide bonds. The lowest BCUT2D eigenvalue weighted by Gasteiger charge is -2.34. The van der Waals surface area contributed by atoms with Crippen molar-refractivity contribution in [1.82, 2.24) is 15.0 Å². The molecule has 1 aliphatic carbocycles. The number of rotatable bonds is 4. The number of aromatic nitrogens is 3. The van der Waals surface area contributed by atoms with Gasteiger partial charge in [0.05, 0.1) is 12.1 Å². The van der Waals surface area contributed by atoms with E-state index in [2.05, 4.69) is 46.3 Å². The lowest BCUT2D eigenvalue weighted by atomic mass is 10.1. The summed E-state index contributed by atoms with van der Waals surface area (Å²) < 4.78 is 6.29. The van der Waals surface area contributed by atoms with Gasteiger partial charge in [0.1, 0.15) is 17.7 Å². The summed E-state index contributed by atoms with van der Waals surface area (Å²) >= 11 is 0. The van der Waals surface area contributed by atoms with Gasteiger partial charge in [0.2, 0.25) is 0 Å². The minimum absolute atomic E-state index is 0.174. The number of hydrogen-bond donors (Lipinski definition) is 0. The Bertz CT molecular complexity index is 1060. The molecule has 0 spiro atoms. The van der Waals surface area contributed by atoms with Crippen LogP contribution in [-0.4, -0.2) is 34.1 Å². The third-order valence-corrected chi connectivity index (χ3v) is 5.44. The number of fused-ring (bicyclic) bond motifs is 1. The van der Waals surface area contributed by atoms with Gasteiger partial charge < -0.3 is 9.64 Å². The lowest BCUT2D eigenvalue weighted by Crippen LogP contribution is -2.40. The number of pyridine rings is 1. The first kappa shape index (κ1) is 17.9. The fourth-order valence-corrected chi connectivity index (χ4v) is 4.02. The molecule has 146 valence electrons. The van der Waals surface area contributed by atoms with Crippen LogP contribution in [0.15, 0.2) is 72.8 Å². The summed E-state index contributed by atoms with van der Waals surface area (Å²) in [7, 11) is 0. The largest absolute Gasteiger partial charge is 0.489 e. The molecule has 3 heterocycles. The molecule has 3 aromatic rings. The van der Waals surface area contributed by atoms with Crippen molar-refractivity contribution in [1.29, 1.82) is 0 Å². The van der Waals surface area contributed by atoms with Gasteiger partial charge in [-0.2, -0.15) is 0 Å². The zero-order chi connectivity index (χ0) is 19.5. The third kappa shape index (κ3) is 3.86. The Balaban J connectivity index is 1.48. The second-order valence-electron chi connectivity index (χ2n) is 7.54. The highest BCUT2D eigenvalue weighted by molar-refractivity contribution is 5.91. The molecule has 1 fully saturated rings. The molecule has 1 aromatic carbocycles. The van der Waals surface area contributed by atoms with Crippen molar-refractivity contribution >= 4 is 16.7 Å². The SMILES string of the molecule is C1=CC(OC2CCCN(c3nc(-c4cccnc4)nc4ccccc34)C2)=CCC1. The third-order valence-electron chi connectivity index (χ3n) is 5.44. The molecular formula is C24H24N4O. The smallest absolute Gasteiger partial charge is 0.163 e. The molecule has 1 unspecified atom stereocenters. The van der Waals surface area contributed by atoms with E-state index >= 15 is 0 Å². The number of ether oxygens (including phenoxy) is 1. The van der Waals surface area contributed by atoms with Crippen molar-refractivity contribution in [2.24, 2.45) is 0 Å². The number of anilines is 1. The van der Waals surface area contributed by atoms with E-state index in [-0.39, 0.29) is 6.10 Å². The van der Waals surface area contributed by atoms with E-state index in [1.807, 2.05) is 24.4 Å². The highest BCUT2D eigenvalue weighted by atomic mass is 16.5. The summed E-state index contributed by atoms with van der Waals surface area (Å²) in [4.78, 5) is 16.3. The van der Waals surface area contributed by atoms with Gasteiger partial charge in [-0.3, -0.25) is 4.98 Å². The van der Waals surface area contributed by atoms with Gasteiger partial charge in [-0.15, -0.1) is 0 Å². The van der Waals surface area contributed by atoms with Crippen LogP contribution in [0.4, 0.5) is 5.82 Å². The first-order valence-electron chi connectivity index (χ1n) is 10.3. The minimum atomic E-state index is 0.174. The zero-order valence-corrected chi connectivity index (χ0v) is 16.4. The molecular weight excluding hydrogens is 360 g/mol. The maximum absolute atomic E-state index is 6.29. The summed E-state index contributed by atoms with van der Waals surface area (Å²) in [5, 5.41) is 1.08. The average molecular weight is 384 g/mol. The van der Waals surface area contributed by atoms with E-state index in [1.165, 1.54) is 0 Å². The van der Waals surface area contributed by atoms with Crippen molar-refractivity contribution in [3.63, 3.8) is 0 Å². The standard InChI is InChI=1S/C24H24N4O/c1-2-9-19(10-3-1)29-20-11-7-15-28(17-20)24-21-12-4-5-13-22(21)26-23(27-24)18-8-6-14-25-16-18/h2,4-6,8-10,12-14,16,20H,1,3,7,11,15,17H2. The van der Waals surface area contributed by atoms with Crippen LogP contribution in [-0.2, 0) is 4.74 Å². The summed E-state index contributed by atoms with van der Waals surface area (Å²) in [6.45, 7) is 1.81. The van der Waals surface area contributed by atoms with Crippen LogP contribution >= 0.6 is 0 Å². The average Bonchev–Trinajstić information content (AvgIpc) is 2.80. The summed E-state index contributed by atoms with van der Waals surface area (Å²) in [5.41, 5.74) is 1.89. The van der Waals surface area contributed by atoms with E-state index in [0.29, 0.717) is 5.82 Å². The molecule has 5 heteroatoms. The zero-order valence-electron chi connectivity index (χ0n) is 16.4. The van der Waals surface area contributed by atoms with E-state index < -0.39 is 0 Å². The van der Waals surface area contributed by atoms with Gasteiger partial charge in [-0.25, -0.2) is 9.97 Å². The first-order valence-corrected chi connectivity index (χ1v) is 10.3. The highest BCUT2D eigenvalue weighted by Gasteiger charge is 2.25. The van der Waals surface area contributed by atoms with E-state index in [1.54, 1.807) is 6.20 Å². The number of hydrogen-bond acceptors (Lipinski definition) is 5. The Kier molecular flexibility index (Phi) is 4.95. The van der Waals surface area contributed by atoms with Crippen LogP contribution in [0.3, 0.4) is 0 Å². The summed E-state index contributed by atoms with van der Waals surface area (Å²) in [6.07, 6.45) is 14.6. The first-order chi connectivity index (χ1) is 14.4. The number of nitrogens with zero attached hydrogens (tertiary/aromatic N) is 4. The monoisotopic (exact) mass is 384 g/mol. The minimum Gasteiger partial charge on any atom is -0.489 e. The molecule has 2 aliphatic rings. The molecule has 2 aromatic heterocycles. The van der Waals surface area contributed by atoms with Gasteiger partial charge in [-0.1, -0.05) is 18.2 Å². The maximum Gasteiger partial charge on any atom is 0.163 e. The Morgan fingerprint density at radius 2 is 2.00 bits per heavy atom. The van der Waals surface area contributed by atoms with Crippen molar-refractivity contribution in [3.05, 3.63) is 72.8 Å². The second-order valence-corrected chi connectivity index (χ2v) is 7.54. The Hall–Kier alpha value is -3.21. The fraction of sp³-hybridized carbons (Fsp3) is 0.292. The molecule has 0 bridgehead atoms. The van der Waals surface area contributed by atoms with Gasteiger partial charge in [0, 0.05) is 29.9 Å². The van der Waals surface area contributed by atoms with Crippen molar-refractivity contribution in [2.75, 3.05) is 18.0 Å². The van der Waals surface area contributed by atoms with E-state index in [9.17, 15) is 0 Å². The maximum atomic E-state index is 6.29. The van der Waals surface area contributed by atoms with Gasteiger partial charge in [0.25, 0.3) is 0 Å². The normalized spacial score (nSPS) is 19.2. The Labute approximate surface area is 170 Å². The van der Waals surface area contributed by atoms with Crippen molar-refractivity contribution in [3.8, 4) is 11.4 Å². The molecule has 1 saturated heterocycles. The van der Waals surface area contributed by atoms with E-state index in [0.717, 1.165) is 66.8 Å². The Morgan fingerprint density at radius 1 is 1.03 bits per heavy atom. The molecule has 5 nitrogen and oxygen atoms in total. The number of para-hydroxylation sites is 1. The molecule has 0 N–H and O–H groups in total. The molecule has 1 atom stereocenters. The topological polar surface area (TPSA) is 51.1 Å². The number of piperidine rings is 1. The number of allylic oxidation sites excluding steroid dienone is 3. The number of benzene rings is 1. The van der Waals surface area contributed by atoms with Gasteiger partial charge in [0.15, 0.2) is 5.82 Å². The molecule has 1 aliphatic heterocycles. The van der Waals surface area contributed by atoms with Gasteiger partial charge >= 0.3 is 0 Å². The van der Waals surface area contributed by atoms with Crippen LogP contribution in [0.2, 0.25) is 0 Å². The van der Waals surface area contributed by atoms with Crippen LogP contribution in [0, 0.1) is 0 Å². The highest BCUT2D eigenvalue weighted by Crippen LogP contribution is 2.30. The van der Waals surface area contributed by atoms with Crippen LogP contribution in [0.25, 0.3) is 22.3 Å². The fourth-order valence-electron chi connectivity index (χ4n) is 4.02. The van der Waals surface area contributed by atoms with Crippen LogP contribution < -0.4 is 4.90 Å². The molecule has 0 saturated carbocycles.